The van der Waals surface area contributed by atoms with E-state index in [4.69, 9.17) is 0 Å². The van der Waals surface area contributed by atoms with Gasteiger partial charge in [0.25, 0.3) is 5.95 Å². The van der Waals surface area contributed by atoms with Crippen molar-refractivity contribution in [1.29, 1.82) is 0 Å². The molecular formula is C10H14N6. The number of para-hydroxylation sites is 1. The number of hydrogen-bond acceptors (Lipinski definition) is 5. The number of nitrogens with zero attached hydrogens (tertiary/aromatic N) is 4. The lowest BCUT2D eigenvalue weighted by atomic mass is 10.1. The maximum atomic E-state index is 3.83. The van der Waals surface area contributed by atoms with Crippen LogP contribution in [0.2, 0.25) is 0 Å². The molecule has 16 heavy (non-hydrogen) atoms. The predicted molar refractivity (Wildman–Crippen MR) is 62.3 cm³/mol. The minimum absolute atomic E-state index is 0.508. The van der Waals surface area contributed by atoms with Crippen LogP contribution in [-0.4, -0.2) is 34.7 Å². The standard InChI is InChI=1S/C10H14N6/c1-16(2)9-6-4-3-5-8(9)7-11-10-12-14-15-13-10/h3-6H,7H2,1-2H3,(H2,11,12,13,14,15). The molecule has 0 saturated heterocycles. The fourth-order valence-electron chi connectivity index (χ4n) is 1.51. The van der Waals surface area contributed by atoms with E-state index in [9.17, 15) is 0 Å². The summed E-state index contributed by atoms with van der Waals surface area (Å²) in [6, 6.07) is 8.18. The van der Waals surface area contributed by atoms with E-state index in [0.717, 1.165) is 0 Å². The minimum atomic E-state index is 0.508. The van der Waals surface area contributed by atoms with Crippen LogP contribution >= 0.6 is 0 Å². The van der Waals surface area contributed by atoms with E-state index in [-0.39, 0.29) is 0 Å². The summed E-state index contributed by atoms with van der Waals surface area (Å²) in [5, 5.41) is 16.6. The monoisotopic (exact) mass is 218 g/mol. The summed E-state index contributed by atoms with van der Waals surface area (Å²) in [6.07, 6.45) is 0. The van der Waals surface area contributed by atoms with Crippen molar-refractivity contribution in [2.45, 2.75) is 6.54 Å². The van der Waals surface area contributed by atoms with Gasteiger partial charge in [-0.05, 0) is 16.8 Å². The highest BCUT2D eigenvalue weighted by Crippen LogP contribution is 2.18. The molecule has 2 N–H and O–H groups in total. The maximum absolute atomic E-state index is 3.83. The molecule has 0 spiro atoms. The lowest BCUT2D eigenvalue weighted by Gasteiger charge is -2.17. The van der Waals surface area contributed by atoms with Crippen LogP contribution in [0.25, 0.3) is 0 Å². The number of H-pyrrole nitrogens is 1. The molecule has 6 heteroatoms. The molecule has 0 unspecified atom stereocenters. The first-order chi connectivity index (χ1) is 7.77. The van der Waals surface area contributed by atoms with E-state index >= 15 is 0 Å². The zero-order valence-corrected chi connectivity index (χ0v) is 9.31. The molecule has 1 heterocycles. The average molecular weight is 218 g/mol. The molecule has 0 bridgehead atoms. The lowest BCUT2D eigenvalue weighted by molar-refractivity contribution is 0.881. The first-order valence-electron chi connectivity index (χ1n) is 5.00. The Morgan fingerprint density at radius 2 is 2.12 bits per heavy atom. The summed E-state index contributed by atoms with van der Waals surface area (Å²) in [7, 11) is 4.04. The van der Waals surface area contributed by atoms with Gasteiger partial charge in [-0.3, -0.25) is 0 Å². The molecule has 2 aromatic rings. The highest BCUT2D eigenvalue weighted by molar-refractivity contribution is 5.53. The zero-order valence-electron chi connectivity index (χ0n) is 9.31. The quantitative estimate of drug-likeness (QED) is 0.797. The fourth-order valence-corrected chi connectivity index (χ4v) is 1.51. The van der Waals surface area contributed by atoms with Gasteiger partial charge in [0.1, 0.15) is 0 Å². The third-order valence-corrected chi connectivity index (χ3v) is 2.26. The van der Waals surface area contributed by atoms with Crippen LogP contribution in [0.3, 0.4) is 0 Å². The van der Waals surface area contributed by atoms with E-state index in [1.54, 1.807) is 0 Å². The van der Waals surface area contributed by atoms with Crippen molar-refractivity contribution in [2.75, 3.05) is 24.3 Å². The number of anilines is 2. The highest BCUT2D eigenvalue weighted by Gasteiger charge is 2.04. The number of aromatic amines is 1. The Morgan fingerprint density at radius 3 is 2.81 bits per heavy atom. The molecule has 0 atom stereocenters. The Morgan fingerprint density at radius 1 is 1.31 bits per heavy atom. The molecule has 2 rings (SSSR count). The molecule has 0 amide bonds. The van der Waals surface area contributed by atoms with Gasteiger partial charge in [-0.25, -0.2) is 0 Å². The smallest absolute Gasteiger partial charge is 0.263 e. The summed E-state index contributed by atoms with van der Waals surface area (Å²) >= 11 is 0. The summed E-state index contributed by atoms with van der Waals surface area (Å²) in [5.74, 6) is 0.508. The molecular weight excluding hydrogens is 204 g/mol. The molecule has 0 aliphatic rings. The Hall–Kier alpha value is -2.11. The molecule has 0 aliphatic heterocycles. The second kappa shape index (κ2) is 4.61. The third-order valence-electron chi connectivity index (χ3n) is 2.26. The van der Waals surface area contributed by atoms with Gasteiger partial charge in [0.15, 0.2) is 0 Å². The van der Waals surface area contributed by atoms with Crippen LogP contribution in [0.15, 0.2) is 24.3 Å². The van der Waals surface area contributed by atoms with Crippen LogP contribution in [-0.2, 0) is 6.54 Å². The second-order valence-electron chi connectivity index (χ2n) is 3.61. The van der Waals surface area contributed by atoms with Crippen molar-refractivity contribution < 1.29 is 0 Å². The molecule has 0 radical (unpaired) electrons. The number of benzene rings is 1. The Kier molecular flexibility index (Phi) is 3.00. The van der Waals surface area contributed by atoms with Crippen molar-refractivity contribution >= 4 is 11.6 Å². The number of rotatable bonds is 4. The van der Waals surface area contributed by atoms with Gasteiger partial charge in [0, 0.05) is 26.3 Å². The third kappa shape index (κ3) is 2.28. The van der Waals surface area contributed by atoms with Crippen molar-refractivity contribution in [3.05, 3.63) is 29.8 Å². The van der Waals surface area contributed by atoms with E-state index in [0.29, 0.717) is 12.5 Å². The molecule has 1 aromatic heterocycles. The van der Waals surface area contributed by atoms with Crippen molar-refractivity contribution in [3.63, 3.8) is 0 Å². The van der Waals surface area contributed by atoms with Crippen LogP contribution < -0.4 is 10.2 Å². The first-order valence-corrected chi connectivity index (χ1v) is 5.00. The predicted octanol–water partition coefficient (Wildman–Crippen LogP) is 0.878. The summed E-state index contributed by atoms with van der Waals surface area (Å²) in [5.41, 5.74) is 2.37. The SMILES string of the molecule is CN(C)c1ccccc1CNc1nn[nH]n1. The topological polar surface area (TPSA) is 69.7 Å². The van der Waals surface area contributed by atoms with Gasteiger partial charge >= 0.3 is 0 Å². The molecule has 6 nitrogen and oxygen atoms in total. The van der Waals surface area contributed by atoms with Gasteiger partial charge in [0.05, 0.1) is 0 Å². The van der Waals surface area contributed by atoms with Crippen molar-refractivity contribution in [2.24, 2.45) is 0 Å². The zero-order chi connectivity index (χ0) is 11.4. The van der Waals surface area contributed by atoms with Gasteiger partial charge in [-0.2, -0.15) is 5.21 Å². The Balaban J connectivity index is 2.09. The van der Waals surface area contributed by atoms with Crippen LogP contribution in [0.4, 0.5) is 11.6 Å². The van der Waals surface area contributed by atoms with Crippen LogP contribution in [0, 0.1) is 0 Å². The first kappa shape index (κ1) is 10.4. The van der Waals surface area contributed by atoms with Crippen LogP contribution in [0.1, 0.15) is 5.56 Å². The summed E-state index contributed by atoms with van der Waals surface area (Å²) < 4.78 is 0. The molecule has 84 valence electrons. The lowest BCUT2D eigenvalue weighted by Crippen LogP contribution is -2.13. The van der Waals surface area contributed by atoms with Crippen LogP contribution in [0.5, 0.6) is 0 Å². The largest absolute Gasteiger partial charge is 0.377 e. The van der Waals surface area contributed by atoms with E-state index < -0.39 is 0 Å². The van der Waals surface area contributed by atoms with Gasteiger partial charge in [-0.15, -0.1) is 5.10 Å². The molecule has 0 aliphatic carbocycles. The summed E-state index contributed by atoms with van der Waals surface area (Å²) in [4.78, 5) is 2.08. The highest BCUT2D eigenvalue weighted by atomic mass is 15.5. The van der Waals surface area contributed by atoms with E-state index in [2.05, 4.69) is 43.0 Å². The van der Waals surface area contributed by atoms with E-state index in [1.807, 2.05) is 26.2 Å². The van der Waals surface area contributed by atoms with E-state index in [1.165, 1.54) is 11.3 Å². The maximum Gasteiger partial charge on any atom is 0.263 e. The van der Waals surface area contributed by atoms with Gasteiger partial charge < -0.3 is 10.2 Å². The number of aromatic nitrogens is 4. The molecule has 1 aromatic carbocycles. The summed E-state index contributed by atoms with van der Waals surface area (Å²) in [6.45, 7) is 0.674. The normalized spacial score (nSPS) is 10.1. The Labute approximate surface area is 93.7 Å². The Bertz CT molecular complexity index is 436. The average Bonchev–Trinajstić information content (AvgIpc) is 2.79. The number of hydrogen-bond donors (Lipinski definition) is 2. The van der Waals surface area contributed by atoms with Gasteiger partial charge in [-0.1, -0.05) is 23.3 Å². The van der Waals surface area contributed by atoms with Crippen molar-refractivity contribution in [1.82, 2.24) is 20.6 Å². The number of nitrogens with one attached hydrogen (secondary N) is 2. The fraction of sp³-hybridized carbons (Fsp3) is 0.300. The van der Waals surface area contributed by atoms with Crippen molar-refractivity contribution in [3.8, 4) is 0 Å². The number of tetrazole rings is 1. The van der Waals surface area contributed by atoms with Gasteiger partial charge in [0.2, 0.25) is 0 Å². The second-order valence-corrected chi connectivity index (χ2v) is 3.61. The molecule has 0 fully saturated rings. The minimum Gasteiger partial charge on any atom is -0.377 e. The molecule has 0 saturated carbocycles.